The van der Waals surface area contributed by atoms with Crippen molar-refractivity contribution in [1.29, 1.82) is 0 Å². The van der Waals surface area contributed by atoms with Gasteiger partial charge in [0.25, 0.3) is 0 Å². The average Bonchev–Trinajstić information content (AvgIpc) is 2.48. The van der Waals surface area contributed by atoms with Gasteiger partial charge in [0.05, 0.1) is 6.61 Å². The summed E-state index contributed by atoms with van der Waals surface area (Å²) in [5.74, 6) is 0.639. The predicted octanol–water partition coefficient (Wildman–Crippen LogP) is 3.04. The van der Waals surface area contributed by atoms with Gasteiger partial charge in [-0.05, 0) is 44.0 Å². The monoisotopic (exact) mass is 223 g/mol. The van der Waals surface area contributed by atoms with E-state index >= 15 is 0 Å². The molecule has 88 valence electrons. The van der Waals surface area contributed by atoms with Crippen LogP contribution in [-0.2, 0) is 0 Å². The Morgan fingerprint density at radius 1 is 1.50 bits per heavy atom. The summed E-state index contributed by atoms with van der Waals surface area (Å²) >= 11 is 0. The summed E-state index contributed by atoms with van der Waals surface area (Å²) in [5.41, 5.74) is 0.964. The molecule has 0 aliphatic carbocycles. The Morgan fingerprint density at radius 3 is 3.19 bits per heavy atom. The van der Waals surface area contributed by atoms with E-state index in [4.69, 9.17) is 4.74 Å². The van der Waals surface area contributed by atoms with Gasteiger partial charge in [-0.25, -0.2) is 4.39 Å². The molecule has 0 saturated carbocycles. The minimum atomic E-state index is -0.187. The van der Waals surface area contributed by atoms with Gasteiger partial charge >= 0.3 is 0 Å². The van der Waals surface area contributed by atoms with Gasteiger partial charge in [0.15, 0.2) is 0 Å². The zero-order chi connectivity index (χ0) is 11.4. The van der Waals surface area contributed by atoms with Crippen LogP contribution in [0.25, 0.3) is 0 Å². The zero-order valence-corrected chi connectivity index (χ0v) is 9.63. The Balaban J connectivity index is 2.24. The smallest absolute Gasteiger partial charge is 0.124 e. The first-order valence-electron chi connectivity index (χ1n) is 5.97. The molecule has 1 unspecified atom stereocenters. The quantitative estimate of drug-likeness (QED) is 0.850. The van der Waals surface area contributed by atoms with Crippen LogP contribution in [0.1, 0.15) is 37.8 Å². The van der Waals surface area contributed by atoms with Crippen LogP contribution in [0.2, 0.25) is 0 Å². The highest BCUT2D eigenvalue weighted by Crippen LogP contribution is 2.31. The topological polar surface area (TPSA) is 21.3 Å². The number of fused-ring (bicyclic) bond motifs is 1. The minimum absolute atomic E-state index is 0.187. The molecule has 0 saturated heterocycles. The van der Waals surface area contributed by atoms with E-state index in [1.54, 1.807) is 12.1 Å². The van der Waals surface area contributed by atoms with E-state index in [-0.39, 0.29) is 11.9 Å². The van der Waals surface area contributed by atoms with Crippen LogP contribution in [0.3, 0.4) is 0 Å². The fourth-order valence-electron chi connectivity index (χ4n) is 2.08. The number of hydrogen-bond donors (Lipinski definition) is 1. The maximum atomic E-state index is 13.2. The molecule has 1 aromatic rings. The molecule has 2 nitrogen and oxygen atoms in total. The molecule has 1 aliphatic rings. The molecule has 2 rings (SSSR count). The minimum Gasteiger partial charge on any atom is -0.493 e. The molecular formula is C13H18FNO. The molecule has 0 amide bonds. The first-order valence-corrected chi connectivity index (χ1v) is 5.97. The maximum Gasteiger partial charge on any atom is 0.124 e. The number of halogens is 1. The summed E-state index contributed by atoms with van der Waals surface area (Å²) in [6.45, 7) is 3.82. The summed E-state index contributed by atoms with van der Waals surface area (Å²) in [6.07, 6.45) is 3.11. The average molecular weight is 223 g/mol. The molecule has 0 radical (unpaired) electrons. The first-order chi connectivity index (χ1) is 7.81. The molecule has 1 aliphatic heterocycles. The lowest BCUT2D eigenvalue weighted by Crippen LogP contribution is -2.21. The lowest BCUT2D eigenvalue weighted by molar-refractivity contribution is 0.315. The van der Waals surface area contributed by atoms with Crippen LogP contribution in [0.5, 0.6) is 5.75 Å². The molecule has 1 aromatic carbocycles. The SMILES string of the molecule is CCCNC1CCCOc2ccc(F)cc21. The summed E-state index contributed by atoms with van der Waals surface area (Å²) in [7, 11) is 0. The molecule has 0 fully saturated rings. The highest BCUT2D eigenvalue weighted by atomic mass is 19.1. The summed E-state index contributed by atoms with van der Waals surface area (Å²) in [4.78, 5) is 0. The maximum absolute atomic E-state index is 13.2. The van der Waals surface area contributed by atoms with Crippen LogP contribution >= 0.6 is 0 Å². The third-order valence-electron chi connectivity index (χ3n) is 2.88. The number of rotatable bonds is 3. The van der Waals surface area contributed by atoms with E-state index in [2.05, 4.69) is 12.2 Å². The van der Waals surface area contributed by atoms with Gasteiger partial charge in [-0.15, -0.1) is 0 Å². The second-order valence-corrected chi connectivity index (χ2v) is 4.18. The van der Waals surface area contributed by atoms with Crippen molar-refractivity contribution in [2.45, 2.75) is 32.2 Å². The number of ether oxygens (including phenoxy) is 1. The highest BCUT2D eigenvalue weighted by molar-refractivity contribution is 5.37. The third kappa shape index (κ3) is 2.53. The van der Waals surface area contributed by atoms with Gasteiger partial charge in [0.1, 0.15) is 11.6 Å². The lowest BCUT2D eigenvalue weighted by Gasteiger charge is -2.17. The van der Waals surface area contributed by atoms with Crippen molar-refractivity contribution < 1.29 is 9.13 Å². The van der Waals surface area contributed by atoms with E-state index in [9.17, 15) is 4.39 Å². The third-order valence-corrected chi connectivity index (χ3v) is 2.88. The van der Waals surface area contributed by atoms with Gasteiger partial charge in [-0.3, -0.25) is 0 Å². The van der Waals surface area contributed by atoms with E-state index in [0.717, 1.165) is 43.7 Å². The second kappa shape index (κ2) is 5.30. The Kier molecular flexibility index (Phi) is 3.78. The fourth-order valence-corrected chi connectivity index (χ4v) is 2.08. The summed E-state index contributed by atoms with van der Waals surface area (Å²) < 4.78 is 18.8. The van der Waals surface area contributed by atoms with E-state index in [0.29, 0.717) is 0 Å². The Bertz CT molecular complexity index is 354. The van der Waals surface area contributed by atoms with Crippen molar-refractivity contribution in [2.75, 3.05) is 13.2 Å². The molecule has 0 bridgehead atoms. The Morgan fingerprint density at radius 2 is 2.38 bits per heavy atom. The molecule has 3 heteroatoms. The Hall–Kier alpha value is -1.09. The first kappa shape index (κ1) is 11.4. The molecule has 16 heavy (non-hydrogen) atoms. The molecular weight excluding hydrogens is 205 g/mol. The highest BCUT2D eigenvalue weighted by Gasteiger charge is 2.19. The van der Waals surface area contributed by atoms with Gasteiger partial charge in [0.2, 0.25) is 0 Å². The predicted molar refractivity (Wildman–Crippen MR) is 62.2 cm³/mol. The molecule has 1 atom stereocenters. The summed E-state index contributed by atoms with van der Waals surface area (Å²) in [5, 5.41) is 3.45. The second-order valence-electron chi connectivity index (χ2n) is 4.18. The number of nitrogens with one attached hydrogen (secondary N) is 1. The van der Waals surface area contributed by atoms with Crippen molar-refractivity contribution in [1.82, 2.24) is 5.32 Å². The largest absolute Gasteiger partial charge is 0.493 e. The van der Waals surface area contributed by atoms with Gasteiger partial charge in [-0.2, -0.15) is 0 Å². The normalized spacial score (nSPS) is 19.8. The standard InChI is InChI=1S/C13H18FNO/c1-2-7-15-12-4-3-8-16-13-6-5-10(14)9-11(12)13/h5-6,9,12,15H,2-4,7-8H2,1H3. The lowest BCUT2D eigenvalue weighted by atomic mass is 10.0. The van der Waals surface area contributed by atoms with Crippen LogP contribution in [-0.4, -0.2) is 13.2 Å². The Labute approximate surface area is 95.8 Å². The summed E-state index contributed by atoms with van der Waals surface area (Å²) in [6, 6.07) is 5.01. The van der Waals surface area contributed by atoms with Crippen molar-refractivity contribution in [3.05, 3.63) is 29.6 Å². The fraction of sp³-hybridized carbons (Fsp3) is 0.538. The van der Waals surface area contributed by atoms with Crippen molar-refractivity contribution in [2.24, 2.45) is 0 Å². The molecule has 1 N–H and O–H groups in total. The van der Waals surface area contributed by atoms with Crippen molar-refractivity contribution >= 4 is 0 Å². The van der Waals surface area contributed by atoms with E-state index < -0.39 is 0 Å². The van der Waals surface area contributed by atoms with Crippen LogP contribution in [0.15, 0.2) is 18.2 Å². The van der Waals surface area contributed by atoms with Crippen LogP contribution in [0, 0.1) is 5.82 Å². The van der Waals surface area contributed by atoms with E-state index in [1.807, 2.05) is 0 Å². The van der Waals surface area contributed by atoms with Crippen molar-refractivity contribution in [3.8, 4) is 5.75 Å². The molecule has 0 aromatic heterocycles. The van der Waals surface area contributed by atoms with E-state index in [1.165, 1.54) is 6.07 Å². The van der Waals surface area contributed by atoms with Crippen LogP contribution in [0.4, 0.5) is 4.39 Å². The van der Waals surface area contributed by atoms with Gasteiger partial charge < -0.3 is 10.1 Å². The van der Waals surface area contributed by atoms with Gasteiger partial charge in [0, 0.05) is 11.6 Å². The molecule has 1 heterocycles. The number of benzene rings is 1. The zero-order valence-electron chi connectivity index (χ0n) is 9.63. The van der Waals surface area contributed by atoms with Crippen molar-refractivity contribution in [3.63, 3.8) is 0 Å². The van der Waals surface area contributed by atoms with Gasteiger partial charge in [-0.1, -0.05) is 6.92 Å². The number of hydrogen-bond acceptors (Lipinski definition) is 2. The molecule has 0 spiro atoms. The van der Waals surface area contributed by atoms with Crippen LogP contribution < -0.4 is 10.1 Å².